The first kappa shape index (κ1) is 12.5. The van der Waals surface area contributed by atoms with Crippen LogP contribution in [0.1, 0.15) is 26.7 Å². The molecular formula is C11H22N2O2. The zero-order chi connectivity index (χ0) is 11.3. The van der Waals surface area contributed by atoms with Crippen molar-refractivity contribution in [3.63, 3.8) is 0 Å². The van der Waals surface area contributed by atoms with Crippen molar-refractivity contribution < 1.29 is 9.53 Å². The first-order chi connectivity index (χ1) is 7.11. The van der Waals surface area contributed by atoms with Crippen LogP contribution in [0.3, 0.4) is 0 Å². The normalized spacial score (nSPS) is 20.9. The van der Waals surface area contributed by atoms with Crippen LogP contribution < -0.4 is 5.32 Å². The third kappa shape index (κ3) is 4.18. The highest BCUT2D eigenvalue weighted by molar-refractivity contribution is 5.78. The van der Waals surface area contributed by atoms with E-state index >= 15 is 0 Å². The fourth-order valence-electron chi connectivity index (χ4n) is 1.56. The number of ether oxygens (including phenoxy) is 1. The molecule has 1 aliphatic heterocycles. The molecule has 0 saturated carbocycles. The summed E-state index contributed by atoms with van der Waals surface area (Å²) in [6.45, 7) is 6.09. The van der Waals surface area contributed by atoms with Gasteiger partial charge in [0.05, 0.1) is 12.6 Å². The molecule has 0 bridgehead atoms. The van der Waals surface area contributed by atoms with Gasteiger partial charge in [0.15, 0.2) is 0 Å². The van der Waals surface area contributed by atoms with E-state index in [1.165, 1.54) is 0 Å². The Morgan fingerprint density at radius 1 is 1.60 bits per heavy atom. The fraction of sp³-hybridized carbons (Fsp3) is 0.909. The first-order valence-corrected chi connectivity index (χ1v) is 5.69. The van der Waals surface area contributed by atoms with E-state index in [4.69, 9.17) is 4.74 Å². The zero-order valence-corrected chi connectivity index (χ0v) is 9.95. The Morgan fingerprint density at radius 2 is 2.33 bits per heavy atom. The predicted molar refractivity (Wildman–Crippen MR) is 59.7 cm³/mol. The van der Waals surface area contributed by atoms with Crippen LogP contribution >= 0.6 is 0 Å². The number of carbonyl (C=O) groups excluding carboxylic acids is 1. The van der Waals surface area contributed by atoms with Gasteiger partial charge in [0.25, 0.3) is 0 Å². The Bertz CT molecular complexity index is 201. The van der Waals surface area contributed by atoms with Gasteiger partial charge in [0.2, 0.25) is 5.91 Å². The van der Waals surface area contributed by atoms with E-state index in [1.54, 1.807) is 4.90 Å². The van der Waals surface area contributed by atoms with Gasteiger partial charge in [-0.3, -0.25) is 4.79 Å². The van der Waals surface area contributed by atoms with Crippen molar-refractivity contribution in [2.24, 2.45) is 0 Å². The average Bonchev–Trinajstić information content (AvgIpc) is 2.69. The van der Waals surface area contributed by atoms with Gasteiger partial charge in [0, 0.05) is 26.2 Å². The largest absolute Gasteiger partial charge is 0.377 e. The van der Waals surface area contributed by atoms with Crippen molar-refractivity contribution in [2.45, 2.75) is 38.8 Å². The van der Waals surface area contributed by atoms with E-state index < -0.39 is 0 Å². The molecule has 88 valence electrons. The monoisotopic (exact) mass is 214 g/mol. The molecule has 0 radical (unpaired) electrons. The van der Waals surface area contributed by atoms with E-state index in [1.807, 2.05) is 20.9 Å². The highest BCUT2D eigenvalue weighted by Gasteiger charge is 2.16. The predicted octanol–water partition coefficient (Wildman–Crippen LogP) is 0.622. The molecule has 1 heterocycles. The Balaban J connectivity index is 2.11. The van der Waals surface area contributed by atoms with E-state index in [0.29, 0.717) is 12.6 Å². The number of rotatable bonds is 5. The molecule has 1 amide bonds. The molecule has 1 rings (SSSR count). The summed E-state index contributed by atoms with van der Waals surface area (Å²) in [6, 6.07) is 0.266. The van der Waals surface area contributed by atoms with Crippen LogP contribution in [0.4, 0.5) is 0 Å². The van der Waals surface area contributed by atoms with Crippen molar-refractivity contribution in [2.75, 3.05) is 26.7 Å². The van der Waals surface area contributed by atoms with Crippen LogP contribution in [0, 0.1) is 0 Å². The summed E-state index contributed by atoms with van der Waals surface area (Å²) in [5.74, 6) is 0.142. The van der Waals surface area contributed by atoms with Crippen LogP contribution in [0.5, 0.6) is 0 Å². The van der Waals surface area contributed by atoms with Crippen molar-refractivity contribution >= 4 is 5.91 Å². The van der Waals surface area contributed by atoms with Crippen LogP contribution in [0.15, 0.2) is 0 Å². The molecule has 15 heavy (non-hydrogen) atoms. The lowest BCUT2D eigenvalue weighted by atomic mass is 10.2. The summed E-state index contributed by atoms with van der Waals surface area (Å²) in [5, 5.41) is 3.15. The van der Waals surface area contributed by atoms with Crippen LogP contribution in [-0.4, -0.2) is 49.7 Å². The number of hydrogen-bond donors (Lipinski definition) is 1. The summed E-state index contributed by atoms with van der Waals surface area (Å²) < 4.78 is 5.46. The molecule has 0 aliphatic carbocycles. The number of hydrogen-bond acceptors (Lipinski definition) is 3. The number of nitrogens with zero attached hydrogens (tertiary/aromatic N) is 1. The van der Waals surface area contributed by atoms with Crippen molar-refractivity contribution in [1.29, 1.82) is 0 Å². The minimum Gasteiger partial charge on any atom is -0.377 e. The minimum absolute atomic E-state index is 0.142. The molecule has 1 saturated heterocycles. The number of amides is 1. The topological polar surface area (TPSA) is 41.6 Å². The van der Waals surface area contributed by atoms with E-state index in [2.05, 4.69) is 5.32 Å². The van der Waals surface area contributed by atoms with E-state index in [9.17, 15) is 4.79 Å². The van der Waals surface area contributed by atoms with Crippen LogP contribution in [-0.2, 0) is 9.53 Å². The van der Waals surface area contributed by atoms with Crippen LogP contribution in [0.2, 0.25) is 0 Å². The molecule has 0 aromatic carbocycles. The van der Waals surface area contributed by atoms with E-state index in [0.717, 1.165) is 26.0 Å². The number of carbonyl (C=O) groups is 1. The summed E-state index contributed by atoms with van der Waals surface area (Å²) in [7, 11) is 1.83. The summed E-state index contributed by atoms with van der Waals surface area (Å²) >= 11 is 0. The van der Waals surface area contributed by atoms with Gasteiger partial charge in [-0.25, -0.2) is 0 Å². The summed E-state index contributed by atoms with van der Waals surface area (Å²) in [4.78, 5) is 13.3. The second-order valence-electron chi connectivity index (χ2n) is 4.36. The highest BCUT2D eigenvalue weighted by atomic mass is 16.5. The Morgan fingerprint density at radius 3 is 2.87 bits per heavy atom. The van der Waals surface area contributed by atoms with Gasteiger partial charge in [-0.2, -0.15) is 0 Å². The summed E-state index contributed by atoms with van der Waals surface area (Å²) in [6.07, 6.45) is 2.56. The average molecular weight is 214 g/mol. The van der Waals surface area contributed by atoms with Crippen molar-refractivity contribution in [3.05, 3.63) is 0 Å². The lowest BCUT2D eigenvalue weighted by molar-refractivity contribution is -0.130. The van der Waals surface area contributed by atoms with Gasteiger partial charge in [0.1, 0.15) is 0 Å². The van der Waals surface area contributed by atoms with Crippen LogP contribution in [0.25, 0.3) is 0 Å². The second kappa shape index (κ2) is 6.08. The van der Waals surface area contributed by atoms with Gasteiger partial charge in [-0.05, 0) is 26.7 Å². The smallest absolute Gasteiger partial charge is 0.236 e. The maximum Gasteiger partial charge on any atom is 0.236 e. The third-order valence-electron chi connectivity index (χ3n) is 2.84. The van der Waals surface area contributed by atoms with E-state index in [-0.39, 0.29) is 11.9 Å². The summed E-state index contributed by atoms with van der Waals surface area (Å²) in [5.41, 5.74) is 0. The van der Waals surface area contributed by atoms with Crippen molar-refractivity contribution in [3.8, 4) is 0 Å². The maximum atomic E-state index is 11.6. The molecule has 1 fully saturated rings. The molecule has 0 spiro atoms. The maximum absolute atomic E-state index is 11.6. The van der Waals surface area contributed by atoms with Gasteiger partial charge in [-0.1, -0.05) is 0 Å². The number of nitrogens with one attached hydrogen (secondary N) is 1. The first-order valence-electron chi connectivity index (χ1n) is 5.69. The SMILES string of the molecule is CC(C)N(C)C(=O)CNCC1CCCO1. The zero-order valence-electron chi connectivity index (χ0n) is 9.95. The molecule has 0 aromatic rings. The standard InChI is InChI=1S/C11H22N2O2/c1-9(2)13(3)11(14)8-12-7-10-5-4-6-15-10/h9-10,12H,4-8H2,1-3H3. The van der Waals surface area contributed by atoms with Crippen molar-refractivity contribution in [1.82, 2.24) is 10.2 Å². The molecule has 4 heteroatoms. The van der Waals surface area contributed by atoms with Gasteiger partial charge < -0.3 is 15.0 Å². The third-order valence-corrected chi connectivity index (χ3v) is 2.84. The minimum atomic E-state index is 0.142. The molecule has 1 aliphatic rings. The number of likely N-dealkylation sites (N-methyl/N-ethyl adjacent to an activating group) is 1. The molecular weight excluding hydrogens is 192 g/mol. The molecule has 1 N–H and O–H groups in total. The molecule has 4 nitrogen and oxygen atoms in total. The van der Waals surface area contributed by atoms with Gasteiger partial charge >= 0.3 is 0 Å². The Labute approximate surface area is 92.0 Å². The lowest BCUT2D eigenvalue weighted by Crippen LogP contribution is -2.41. The molecule has 1 unspecified atom stereocenters. The second-order valence-corrected chi connectivity index (χ2v) is 4.36. The Kier molecular flexibility index (Phi) is 5.05. The van der Waals surface area contributed by atoms with Gasteiger partial charge in [-0.15, -0.1) is 0 Å². The Hall–Kier alpha value is -0.610. The lowest BCUT2D eigenvalue weighted by Gasteiger charge is -2.22. The highest BCUT2D eigenvalue weighted by Crippen LogP contribution is 2.10. The fourth-order valence-corrected chi connectivity index (χ4v) is 1.56. The molecule has 0 aromatic heterocycles. The molecule has 1 atom stereocenters. The quantitative estimate of drug-likeness (QED) is 0.729.